The van der Waals surface area contributed by atoms with Crippen molar-refractivity contribution in [1.29, 1.82) is 0 Å². The molecule has 0 spiro atoms. The van der Waals surface area contributed by atoms with Crippen LogP contribution in [0.4, 0.5) is 0 Å². The Kier molecular flexibility index (Phi) is 5.16. The molecule has 23 heavy (non-hydrogen) atoms. The average molecular weight is 312 g/mol. The Bertz CT molecular complexity index is 766. The summed E-state index contributed by atoms with van der Waals surface area (Å²) in [6.07, 6.45) is 1.32. The number of fused-ring (bicyclic) bond motifs is 3. The number of nitrogens with one attached hydrogen (secondary N) is 2. The Morgan fingerprint density at radius 3 is 2.83 bits per heavy atom. The van der Waals surface area contributed by atoms with Gasteiger partial charge in [0, 0.05) is 29.3 Å². The minimum absolute atomic E-state index is 0.372. The van der Waals surface area contributed by atoms with Crippen LogP contribution in [0.15, 0.2) is 42.5 Å². The molecule has 4 heteroatoms. The Balaban J connectivity index is 1.68. The van der Waals surface area contributed by atoms with Gasteiger partial charge in [0.25, 0.3) is 0 Å². The van der Waals surface area contributed by atoms with Crippen LogP contribution in [0.1, 0.15) is 19.8 Å². The summed E-state index contributed by atoms with van der Waals surface area (Å²) in [6, 6.07) is 14.3. The van der Waals surface area contributed by atoms with E-state index in [9.17, 15) is 5.11 Å². The van der Waals surface area contributed by atoms with Gasteiger partial charge in [-0.3, -0.25) is 0 Å². The van der Waals surface area contributed by atoms with Crippen molar-refractivity contribution >= 4 is 21.8 Å². The maximum atomic E-state index is 9.95. The number of para-hydroxylation sites is 1. The average Bonchev–Trinajstić information content (AvgIpc) is 2.94. The van der Waals surface area contributed by atoms with Gasteiger partial charge in [-0.15, -0.1) is 0 Å². The minimum Gasteiger partial charge on any atom is -0.493 e. The first-order valence-electron chi connectivity index (χ1n) is 8.30. The summed E-state index contributed by atoms with van der Waals surface area (Å²) in [4.78, 5) is 3.41. The van der Waals surface area contributed by atoms with Gasteiger partial charge < -0.3 is 20.1 Å². The number of benzene rings is 2. The fourth-order valence-electron chi connectivity index (χ4n) is 2.84. The molecule has 3 N–H and O–H groups in total. The molecular formula is C19H24N2O2. The number of ether oxygens (including phenoxy) is 1. The smallest absolute Gasteiger partial charge is 0.129 e. The summed E-state index contributed by atoms with van der Waals surface area (Å²) in [5, 5.41) is 15.5. The largest absolute Gasteiger partial charge is 0.493 e. The summed E-state index contributed by atoms with van der Waals surface area (Å²) >= 11 is 0. The highest BCUT2D eigenvalue weighted by Crippen LogP contribution is 2.32. The molecule has 2 aromatic carbocycles. The molecule has 4 nitrogen and oxygen atoms in total. The number of aromatic nitrogens is 1. The lowest BCUT2D eigenvalue weighted by Crippen LogP contribution is -2.28. The first kappa shape index (κ1) is 15.8. The van der Waals surface area contributed by atoms with E-state index in [0.29, 0.717) is 19.6 Å². The van der Waals surface area contributed by atoms with Crippen LogP contribution in [-0.2, 0) is 0 Å². The lowest BCUT2D eigenvalue weighted by molar-refractivity contribution is 0.138. The predicted octanol–water partition coefficient (Wildman–Crippen LogP) is 3.45. The molecule has 0 fully saturated rings. The van der Waals surface area contributed by atoms with Gasteiger partial charge >= 0.3 is 0 Å². The monoisotopic (exact) mass is 312 g/mol. The van der Waals surface area contributed by atoms with E-state index in [1.807, 2.05) is 24.3 Å². The van der Waals surface area contributed by atoms with Gasteiger partial charge in [0.2, 0.25) is 0 Å². The van der Waals surface area contributed by atoms with Gasteiger partial charge in [-0.25, -0.2) is 0 Å². The van der Waals surface area contributed by atoms with E-state index < -0.39 is 0 Å². The Labute approximate surface area is 136 Å². The van der Waals surface area contributed by atoms with E-state index >= 15 is 0 Å². The summed E-state index contributed by atoms with van der Waals surface area (Å²) < 4.78 is 5.95. The molecule has 1 unspecified atom stereocenters. The van der Waals surface area contributed by atoms with Crippen molar-refractivity contribution in [3.8, 4) is 5.75 Å². The molecule has 0 amide bonds. The highest BCUT2D eigenvalue weighted by molar-refractivity contribution is 6.10. The first-order valence-corrected chi connectivity index (χ1v) is 8.30. The number of aliphatic hydroxyl groups is 1. The molecule has 0 radical (unpaired) electrons. The topological polar surface area (TPSA) is 57.3 Å². The molecule has 0 saturated carbocycles. The predicted molar refractivity (Wildman–Crippen MR) is 95.1 cm³/mol. The van der Waals surface area contributed by atoms with Crippen molar-refractivity contribution in [2.24, 2.45) is 0 Å². The zero-order valence-electron chi connectivity index (χ0n) is 13.5. The second-order valence-corrected chi connectivity index (χ2v) is 5.84. The van der Waals surface area contributed by atoms with Crippen molar-refractivity contribution in [2.75, 3.05) is 19.7 Å². The summed E-state index contributed by atoms with van der Waals surface area (Å²) in [5.74, 6) is 0.869. The lowest BCUT2D eigenvalue weighted by Gasteiger charge is -2.13. The second kappa shape index (κ2) is 7.49. The number of hydrogen-bond acceptors (Lipinski definition) is 3. The molecule has 0 aliphatic rings. The number of aliphatic hydroxyl groups excluding tert-OH is 1. The molecule has 0 aliphatic heterocycles. The Morgan fingerprint density at radius 2 is 1.96 bits per heavy atom. The van der Waals surface area contributed by atoms with Crippen molar-refractivity contribution in [3.63, 3.8) is 0 Å². The molecule has 122 valence electrons. The van der Waals surface area contributed by atoms with Crippen molar-refractivity contribution in [3.05, 3.63) is 42.5 Å². The summed E-state index contributed by atoms with van der Waals surface area (Å²) in [5.41, 5.74) is 2.19. The third-order valence-corrected chi connectivity index (χ3v) is 4.01. The second-order valence-electron chi connectivity index (χ2n) is 5.84. The van der Waals surface area contributed by atoms with Crippen molar-refractivity contribution < 1.29 is 9.84 Å². The van der Waals surface area contributed by atoms with E-state index in [2.05, 4.69) is 35.4 Å². The summed E-state index contributed by atoms with van der Waals surface area (Å²) in [6.45, 7) is 4.18. The Morgan fingerprint density at radius 1 is 1.13 bits per heavy atom. The van der Waals surface area contributed by atoms with Crippen molar-refractivity contribution in [1.82, 2.24) is 10.3 Å². The van der Waals surface area contributed by atoms with Gasteiger partial charge in [0.15, 0.2) is 0 Å². The quantitative estimate of drug-likeness (QED) is 0.558. The number of hydrogen-bond donors (Lipinski definition) is 3. The van der Waals surface area contributed by atoms with E-state index in [-0.39, 0.29) is 6.10 Å². The first-order chi connectivity index (χ1) is 11.3. The van der Waals surface area contributed by atoms with Crippen LogP contribution in [0.3, 0.4) is 0 Å². The fraction of sp³-hybridized carbons (Fsp3) is 0.368. The molecule has 1 atom stereocenters. The summed E-state index contributed by atoms with van der Waals surface area (Å²) in [7, 11) is 0. The maximum Gasteiger partial charge on any atom is 0.129 e. The van der Waals surface area contributed by atoms with Gasteiger partial charge in [-0.1, -0.05) is 31.2 Å². The molecule has 1 aromatic heterocycles. The molecular weight excluding hydrogens is 288 g/mol. The standard InChI is InChI=1S/C19H24N2O2/c1-2-11-20-13-14(22)10-12-23-18-9-5-8-17-19(18)15-6-3-4-7-16(15)21-17/h3-9,14,20-22H,2,10-13H2,1H3. The van der Waals surface area contributed by atoms with Gasteiger partial charge in [0.1, 0.15) is 5.75 Å². The number of rotatable bonds is 8. The van der Waals surface area contributed by atoms with Gasteiger partial charge in [-0.05, 0) is 31.2 Å². The third kappa shape index (κ3) is 3.66. The molecule has 1 heterocycles. The van der Waals surface area contributed by atoms with Gasteiger partial charge in [0.05, 0.1) is 18.2 Å². The van der Waals surface area contributed by atoms with Crippen LogP contribution in [0.2, 0.25) is 0 Å². The molecule has 0 saturated heterocycles. The van der Waals surface area contributed by atoms with E-state index in [1.54, 1.807) is 0 Å². The van der Waals surface area contributed by atoms with Crippen LogP contribution in [0, 0.1) is 0 Å². The number of H-pyrrole nitrogens is 1. The van der Waals surface area contributed by atoms with Crippen LogP contribution in [0.25, 0.3) is 21.8 Å². The zero-order chi connectivity index (χ0) is 16.1. The fourth-order valence-corrected chi connectivity index (χ4v) is 2.84. The molecule has 3 rings (SSSR count). The highest BCUT2D eigenvalue weighted by Gasteiger charge is 2.10. The lowest BCUT2D eigenvalue weighted by atomic mass is 10.1. The SMILES string of the molecule is CCCNCC(O)CCOc1cccc2[nH]c3ccccc3c12. The third-order valence-electron chi connectivity index (χ3n) is 4.01. The Hall–Kier alpha value is -2.04. The molecule has 3 aromatic rings. The van der Waals surface area contributed by atoms with Crippen LogP contribution < -0.4 is 10.1 Å². The number of aromatic amines is 1. The van der Waals surface area contributed by atoms with Gasteiger partial charge in [-0.2, -0.15) is 0 Å². The van der Waals surface area contributed by atoms with Crippen molar-refractivity contribution in [2.45, 2.75) is 25.9 Å². The van der Waals surface area contributed by atoms with E-state index in [1.165, 1.54) is 5.39 Å². The van der Waals surface area contributed by atoms with Crippen LogP contribution >= 0.6 is 0 Å². The van der Waals surface area contributed by atoms with Crippen LogP contribution in [-0.4, -0.2) is 35.9 Å². The van der Waals surface area contributed by atoms with Crippen LogP contribution in [0.5, 0.6) is 5.75 Å². The molecule has 0 aliphatic carbocycles. The normalized spacial score (nSPS) is 12.8. The van der Waals surface area contributed by atoms with E-state index in [4.69, 9.17) is 4.74 Å². The highest BCUT2D eigenvalue weighted by atomic mass is 16.5. The minimum atomic E-state index is -0.372. The van der Waals surface area contributed by atoms with E-state index in [0.717, 1.165) is 35.1 Å². The zero-order valence-corrected chi connectivity index (χ0v) is 13.5. The maximum absolute atomic E-state index is 9.95. The molecule has 0 bridgehead atoms.